The van der Waals surface area contributed by atoms with Crippen molar-refractivity contribution in [3.8, 4) is 0 Å². The highest BCUT2D eigenvalue weighted by Crippen LogP contribution is 2.56. The summed E-state index contributed by atoms with van der Waals surface area (Å²) in [6, 6.07) is 0. The van der Waals surface area contributed by atoms with Gasteiger partial charge in [-0.25, -0.2) is 9.18 Å². The van der Waals surface area contributed by atoms with Crippen molar-refractivity contribution >= 4 is 5.97 Å². The van der Waals surface area contributed by atoms with Crippen molar-refractivity contribution in [3.05, 3.63) is 0 Å². The van der Waals surface area contributed by atoms with Crippen LogP contribution < -0.4 is 0 Å². The van der Waals surface area contributed by atoms with Gasteiger partial charge in [0.25, 0.3) is 0 Å². The maximum absolute atomic E-state index is 13.6. The molecule has 4 saturated carbocycles. The summed E-state index contributed by atoms with van der Waals surface area (Å²) in [7, 11) is 0. The number of aliphatic hydroxyl groups is 1. The maximum Gasteiger partial charge on any atom is 0.343 e. The van der Waals surface area contributed by atoms with Crippen LogP contribution in [0.25, 0.3) is 0 Å². The van der Waals surface area contributed by atoms with E-state index in [0.29, 0.717) is 24.7 Å². The Kier molecular flexibility index (Phi) is 2.54. The Balaban J connectivity index is 1.78. The van der Waals surface area contributed by atoms with Gasteiger partial charge in [0.1, 0.15) is 11.7 Å². The lowest BCUT2D eigenvalue weighted by molar-refractivity contribution is -0.227. The molecule has 4 aliphatic rings. The molecule has 4 heteroatoms. The second-order valence-electron chi connectivity index (χ2n) is 7.01. The SMILES string of the molecule is CC(C)(F)C(=O)OC1C2CC3CC(C2)CC1(O)C3. The number of alkyl halides is 1. The number of rotatable bonds is 2. The highest BCUT2D eigenvalue weighted by Gasteiger charge is 2.58. The molecular weight excluding hydrogens is 235 g/mol. The Hall–Kier alpha value is -0.640. The summed E-state index contributed by atoms with van der Waals surface area (Å²) in [5, 5.41) is 10.7. The largest absolute Gasteiger partial charge is 0.457 e. The fourth-order valence-corrected chi connectivity index (χ4v) is 4.41. The van der Waals surface area contributed by atoms with Gasteiger partial charge in [-0.3, -0.25) is 0 Å². The van der Waals surface area contributed by atoms with Gasteiger partial charge in [0.2, 0.25) is 5.67 Å². The van der Waals surface area contributed by atoms with Crippen molar-refractivity contribution in [2.24, 2.45) is 17.8 Å². The molecule has 0 amide bonds. The third-order valence-electron chi connectivity index (χ3n) is 4.90. The molecule has 0 saturated heterocycles. The molecule has 3 nitrogen and oxygen atoms in total. The summed E-state index contributed by atoms with van der Waals surface area (Å²) >= 11 is 0. The van der Waals surface area contributed by atoms with Crippen LogP contribution in [-0.4, -0.2) is 28.4 Å². The van der Waals surface area contributed by atoms with Crippen LogP contribution in [0.3, 0.4) is 0 Å². The molecule has 3 atom stereocenters. The molecule has 102 valence electrons. The van der Waals surface area contributed by atoms with Crippen LogP contribution in [0.4, 0.5) is 4.39 Å². The molecule has 0 spiro atoms. The van der Waals surface area contributed by atoms with Crippen molar-refractivity contribution in [2.75, 3.05) is 0 Å². The van der Waals surface area contributed by atoms with Gasteiger partial charge in [-0.15, -0.1) is 0 Å². The number of carbonyl (C=O) groups is 1. The Labute approximate surface area is 107 Å². The van der Waals surface area contributed by atoms with Crippen LogP contribution >= 0.6 is 0 Å². The summed E-state index contributed by atoms with van der Waals surface area (Å²) in [6.07, 6.45) is 4.17. The maximum atomic E-state index is 13.6. The minimum atomic E-state index is -1.98. The van der Waals surface area contributed by atoms with Crippen LogP contribution in [0.1, 0.15) is 46.0 Å². The number of ether oxygens (including phenoxy) is 1. The Morgan fingerprint density at radius 2 is 1.83 bits per heavy atom. The zero-order chi connectivity index (χ0) is 13.1. The number of hydrogen-bond donors (Lipinski definition) is 1. The minimum Gasteiger partial charge on any atom is -0.457 e. The first-order chi connectivity index (χ1) is 8.28. The molecule has 4 bridgehead atoms. The molecule has 0 aromatic carbocycles. The van der Waals surface area contributed by atoms with Crippen LogP contribution in [0.15, 0.2) is 0 Å². The number of halogens is 1. The van der Waals surface area contributed by atoms with Crippen molar-refractivity contribution in [1.29, 1.82) is 0 Å². The first-order valence-electron chi connectivity index (χ1n) is 6.90. The summed E-state index contributed by atoms with van der Waals surface area (Å²) < 4.78 is 18.9. The number of hydrogen-bond acceptors (Lipinski definition) is 3. The van der Waals surface area contributed by atoms with E-state index < -0.39 is 23.3 Å². The van der Waals surface area contributed by atoms with Gasteiger partial charge in [-0.2, -0.15) is 0 Å². The Bertz CT molecular complexity index is 360. The third-order valence-corrected chi connectivity index (χ3v) is 4.90. The van der Waals surface area contributed by atoms with E-state index in [1.165, 1.54) is 20.3 Å². The molecule has 4 aliphatic carbocycles. The average molecular weight is 256 g/mol. The topological polar surface area (TPSA) is 46.5 Å². The van der Waals surface area contributed by atoms with Crippen LogP contribution in [0.2, 0.25) is 0 Å². The molecule has 0 aromatic rings. The lowest BCUT2D eigenvalue weighted by atomic mass is 9.53. The minimum absolute atomic E-state index is 0.229. The standard InChI is InChI=1S/C14H21FO3/c1-13(2,15)12(16)18-11-10-4-8-3-9(5-10)7-14(11,17)6-8/h8-11,17H,3-7H2,1-2H3. The molecule has 4 rings (SSSR count). The number of esters is 1. The van der Waals surface area contributed by atoms with Crippen LogP contribution in [0.5, 0.6) is 0 Å². The monoisotopic (exact) mass is 256 g/mol. The van der Waals surface area contributed by atoms with E-state index in [2.05, 4.69) is 0 Å². The number of carbonyl (C=O) groups excluding carboxylic acids is 1. The molecule has 0 radical (unpaired) electrons. The molecule has 3 unspecified atom stereocenters. The second kappa shape index (κ2) is 3.69. The summed E-state index contributed by atoms with van der Waals surface area (Å²) in [6.45, 7) is 2.41. The van der Waals surface area contributed by atoms with E-state index in [9.17, 15) is 14.3 Å². The second-order valence-corrected chi connectivity index (χ2v) is 7.01. The molecule has 18 heavy (non-hydrogen) atoms. The molecule has 0 heterocycles. The molecule has 0 aliphatic heterocycles. The third kappa shape index (κ3) is 1.85. The van der Waals surface area contributed by atoms with Gasteiger partial charge in [0.15, 0.2) is 0 Å². The zero-order valence-electron chi connectivity index (χ0n) is 11.0. The van der Waals surface area contributed by atoms with Crippen molar-refractivity contribution in [3.63, 3.8) is 0 Å². The normalized spacial score (nSPS) is 46.2. The van der Waals surface area contributed by atoms with Gasteiger partial charge in [-0.05, 0) is 63.7 Å². The van der Waals surface area contributed by atoms with Gasteiger partial charge in [0.05, 0.1) is 0 Å². The van der Waals surface area contributed by atoms with E-state index in [4.69, 9.17) is 4.74 Å². The molecular formula is C14H21FO3. The summed E-state index contributed by atoms with van der Waals surface area (Å²) in [5.74, 6) is 0.530. The molecule has 4 fully saturated rings. The van der Waals surface area contributed by atoms with E-state index in [1.807, 2.05) is 0 Å². The van der Waals surface area contributed by atoms with Crippen molar-refractivity contribution < 1.29 is 19.0 Å². The first kappa shape index (κ1) is 12.4. The fraction of sp³-hybridized carbons (Fsp3) is 0.929. The van der Waals surface area contributed by atoms with Crippen LogP contribution in [0, 0.1) is 17.8 Å². The van der Waals surface area contributed by atoms with E-state index in [-0.39, 0.29) is 5.92 Å². The fourth-order valence-electron chi connectivity index (χ4n) is 4.41. The van der Waals surface area contributed by atoms with Crippen LogP contribution in [-0.2, 0) is 9.53 Å². The first-order valence-corrected chi connectivity index (χ1v) is 6.90. The summed E-state index contributed by atoms with van der Waals surface area (Å²) in [5.41, 5.74) is -2.87. The van der Waals surface area contributed by atoms with E-state index in [0.717, 1.165) is 12.8 Å². The van der Waals surface area contributed by atoms with Crippen molar-refractivity contribution in [1.82, 2.24) is 0 Å². The van der Waals surface area contributed by atoms with Gasteiger partial charge < -0.3 is 9.84 Å². The lowest BCUT2D eigenvalue weighted by Crippen LogP contribution is -2.62. The lowest BCUT2D eigenvalue weighted by Gasteiger charge is -2.57. The quantitative estimate of drug-likeness (QED) is 0.771. The zero-order valence-corrected chi connectivity index (χ0v) is 11.0. The average Bonchev–Trinajstić information content (AvgIpc) is 2.20. The highest BCUT2D eigenvalue weighted by atomic mass is 19.1. The Morgan fingerprint density at radius 3 is 2.28 bits per heavy atom. The van der Waals surface area contributed by atoms with E-state index >= 15 is 0 Å². The smallest absolute Gasteiger partial charge is 0.343 e. The van der Waals surface area contributed by atoms with E-state index in [1.54, 1.807) is 0 Å². The Morgan fingerprint density at radius 1 is 1.28 bits per heavy atom. The van der Waals surface area contributed by atoms with Gasteiger partial charge >= 0.3 is 5.97 Å². The summed E-state index contributed by atoms with van der Waals surface area (Å²) in [4.78, 5) is 11.7. The van der Waals surface area contributed by atoms with Crippen molar-refractivity contribution in [2.45, 2.75) is 63.3 Å². The molecule has 0 aromatic heterocycles. The predicted octanol–water partition coefficient (Wildman–Crippen LogP) is 2.22. The molecule has 1 N–H and O–H groups in total. The van der Waals surface area contributed by atoms with Gasteiger partial charge in [0, 0.05) is 0 Å². The van der Waals surface area contributed by atoms with Gasteiger partial charge in [-0.1, -0.05) is 0 Å². The predicted molar refractivity (Wildman–Crippen MR) is 63.6 cm³/mol. The highest BCUT2D eigenvalue weighted by molar-refractivity contribution is 5.78.